The first-order chi connectivity index (χ1) is 10.9. The van der Waals surface area contributed by atoms with Crippen LogP contribution in [0.1, 0.15) is 28.7 Å². The summed E-state index contributed by atoms with van der Waals surface area (Å²) in [6.07, 6.45) is 0.568. The van der Waals surface area contributed by atoms with Crippen LogP contribution in [0.15, 0.2) is 22.7 Å². The summed E-state index contributed by atoms with van der Waals surface area (Å²) in [6.45, 7) is 3.58. The quantitative estimate of drug-likeness (QED) is 0.447. The van der Waals surface area contributed by atoms with E-state index < -0.39 is 16.8 Å². The largest absolute Gasteiger partial charge is 0.361 e. The Bertz CT molecular complexity index is 942. The number of fused-ring (bicyclic) bond motifs is 1. The van der Waals surface area contributed by atoms with E-state index in [-0.39, 0.29) is 5.56 Å². The number of carbonyl (C=O) groups is 2. The van der Waals surface area contributed by atoms with Crippen LogP contribution in [0.3, 0.4) is 0 Å². The number of nitrogens with zero attached hydrogens (tertiary/aromatic N) is 1. The first kappa shape index (κ1) is 15.4. The van der Waals surface area contributed by atoms with Crippen molar-refractivity contribution in [2.75, 3.05) is 0 Å². The zero-order valence-electron chi connectivity index (χ0n) is 12.4. The fraction of sp³-hybridized carbons (Fsp3) is 0.188. The number of aromatic nitrogens is 2. The van der Waals surface area contributed by atoms with Crippen LogP contribution in [-0.2, 0) is 11.2 Å². The second-order valence-corrected chi connectivity index (χ2v) is 5.43. The SMILES string of the molecule is CCc1noc(C)c1-c1[nH]c2ccc(F)cc2c1C(=O)C(=O)Cl. The highest BCUT2D eigenvalue weighted by molar-refractivity contribution is 6.83. The number of Topliss-reactive ketones (excluding diaryl/α,β-unsaturated/α-hetero) is 1. The first-order valence-electron chi connectivity index (χ1n) is 6.95. The summed E-state index contributed by atoms with van der Waals surface area (Å²) in [7, 11) is 0. The summed E-state index contributed by atoms with van der Waals surface area (Å²) >= 11 is 5.37. The Labute approximate surface area is 135 Å². The van der Waals surface area contributed by atoms with Crippen LogP contribution < -0.4 is 0 Å². The van der Waals surface area contributed by atoms with Gasteiger partial charge < -0.3 is 9.51 Å². The Balaban J connectivity index is 2.40. The van der Waals surface area contributed by atoms with E-state index in [9.17, 15) is 14.0 Å². The van der Waals surface area contributed by atoms with Crippen LogP contribution in [-0.4, -0.2) is 21.2 Å². The summed E-state index contributed by atoms with van der Waals surface area (Å²) in [5, 5.41) is 3.10. The molecule has 3 aromatic rings. The van der Waals surface area contributed by atoms with Gasteiger partial charge in [0, 0.05) is 10.9 Å². The molecule has 0 saturated heterocycles. The zero-order chi connectivity index (χ0) is 16.7. The average molecular weight is 335 g/mol. The van der Waals surface area contributed by atoms with E-state index in [1.165, 1.54) is 18.2 Å². The molecule has 23 heavy (non-hydrogen) atoms. The molecule has 0 aliphatic carbocycles. The van der Waals surface area contributed by atoms with Crippen LogP contribution in [0.2, 0.25) is 0 Å². The maximum Gasteiger partial charge on any atom is 0.293 e. The van der Waals surface area contributed by atoms with Crippen molar-refractivity contribution in [1.82, 2.24) is 10.1 Å². The molecule has 5 nitrogen and oxygen atoms in total. The van der Waals surface area contributed by atoms with Gasteiger partial charge in [-0.3, -0.25) is 9.59 Å². The highest BCUT2D eigenvalue weighted by Crippen LogP contribution is 2.35. The molecule has 0 aliphatic rings. The predicted molar refractivity (Wildman–Crippen MR) is 83.1 cm³/mol. The fourth-order valence-corrected chi connectivity index (χ4v) is 2.76. The van der Waals surface area contributed by atoms with Gasteiger partial charge in [-0.2, -0.15) is 0 Å². The predicted octanol–water partition coefficient (Wildman–Crippen LogP) is 3.78. The molecule has 0 aliphatic heterocycles. The molecule has 0 fully saturated rings. The molecular formula is C16H12ClFN2O3. The smallest absolute Gasteiger partial charge is 0.293 e. The van der Waals surface area contributed by atoms with Gasteiger partial charge in [0.15, 0.2) is 0 Å². The van der Waals surface area contributed by atoms with E-state index in [4.69, 9.17) is 16.1 Å². The van der Waals surface area contributed by atoms with Gasteiger partial charge >= 0.3 is 0 Å². The van der Waals surface area contributed by atoms with Crippen molar-refractivity contribution >= 4 is 33.5 Å². The number of ketones is 1. The highest BCUT2D eigenvalue weighted by atomic mass is 35.5. The van der Waals surface area contributed by atoms with Crippen LogP contribution >= 0.6 is 11.6 Å². The standard InChI is InChI=1S/C16H12ClFN2O3/c1-3-10-12(7(2)23-20-10)14-13(15(21)16(17)22)9-6-8(18)4-5-11(9)19-14/h4-6,19H,3H2,1-2H3. The maximum atomic E-state index is 13.6. The second kappa shape index (κ2) is 5.62. The van der Waals surface area contributed by atoms with Crippen LogP contribution in [0.4, 0.5) is 4.39 Å². The number of nitrogens with one attached hydrogen (secondary N) is 1. The second-order valence-electron chi connectivity index (χ2n) is 5.08. The third-order valence-corrected chi connectivity index (χ3v) is 3.86. The van der Waals surface area contributed by atoms with Gasteiger partial charge in [0.05, 0.1) is 22.5 Å². The summed E-state index contributed by atoms with van der Waals surface area (Å²) in [4.78, 5) is 26.7. The van der Waals surface area contributed by atoms with Crippen LogP contribution in [0.5, 0.6) is 0 Å². The number of halogens is 2. The van der Waals surface area contributed by atoms with Crippen molar-refractivity contribution in [1.29, 1.82) is 0 Å². The molecule has 0 amide bonds. The Morgan fingerprint density at radius 1 is 1.39 bits per heavy atom. The topological polar surface area (TPSA) is 76.0 Å². The number of carbonyl (C=O) groups excluding carboxylic acids is 2. The molecular weight excluding hydrogens is 323 g/mol. The van der Waals surface area contributed by atoms with Crippen molar-refractivity contribution in [3.8, 4) is 11.3 Å². The van der Waals surface area contributed by atoms with Crippen molar-refractivity contribution in [2.24, 2.45) is 0 Å². The van der Waals surface area contributed by atoms with E-state index in [1.807, 2.05) is 6.92 Å². The van der Waals surface area contributed by atoms with Gasteiger partial charge in [-0.05, 0) is 43.1 Å². The number of H-pyrrole nitrogens is 1. The van der Waals surface area contributed by atoms with Gasteiger partial charge in [0.25, 0.3) is 5.24 Å². The average Bonchev–Trinajstić information content (AvgIpc) is 3.05. The molecule has 0 unspecified atom stereocenters. The van der Waals surface area contributed by atoms with Gasteiger partial charge in [-0.15, -0.1) is 0 Å². The lowest BCUT2D eigenvalue weighted by Crippen LogP contribution is -2.08. The minimum atomic E-state index is -1.14. The highest BCUT2D eigenvalue weighted by Gasteiger charge is 2.27. The maximum absolute atomic E-state index is 13.6. The number of hydrogen-bond donors (Lipinski definition) is 1. The first-order valence-corrected chi connectivity index (χ1v) is 7.32. The van der Waals surface area contributed by atoms with E-state index >= 15 is 0 Å². The lowest BCUT2D eigenvalue weighted by Gasteiger charge is -2.02. The monoisotopic (exact) mass is 334 g/mol. The molecule has 2 heterocycles. The molecule has 0 atom stereocenters. The number of aromatic amines is 1. The number of hydrogen-bond acceptors (Lipinski definition) is 4. The molecule has 0 spiro atoms. The van der Waals surface area contributed by atoms with Gasteiger partial charge in [-0.1, -0.05) is 12.1 Å². The number of aryl methyl sites for hydroxylation is 2. The summed E-state index contributed by atoms with van der Waals surface area (Å²) in [5.74, 6) is -0.928. The molecule has 3 rings (SSSR count). The molecule has 0 radical (unpaired) electrons. The zero-order valence-corrected chi connectivity index (χ0v) is 13.1. The number of benzene rings is 1. The Hall–Kier alpha value is -2.47. The van der Waals surface area contributed by atoms with Crippen molar-refractivity contribution in [3.05, 3.63) is 41.0 Å². The van der Waals surface area contributed by atoms with E-state index in [1.54, 1.807) is 6.92 Å². The Kier molecular flexibility index (Phi) is 3.77. The Morgan fingerprint density at radius 2 is 2.13 bits per heavy atom. The van der Waals surface area contributed by atoms with Gasteiger partial charge in [-0.25, -0.2) is 4.39 Å². The third-order valence-electron chi connectivity index (χ3n) is 3.68. The molecule has 118 valence electrons. The minimum absolute atomic E-state index is 0.0282. The minimum Gasteiger partial charge on any atom is -0.361 e. The van der Waals surface area contributed by atoms with E-state index in [0.717, 1.165) is 0 Å². The van der Waals surface area contributed by atoms with E-state index in [2.05, 4.69) is 10.1 Å². The molecule has 7 heteroatoms. The lowest BCUT2D eigenvalue weighted by molar-refractivity contribution is -0.108. The van der Waals surface area contributed by atoms with Crippen molar-refractivity contribution in [3.63, 3.8) is 0 Å². The third kappa shape index (κ3) is 2.45. The molecule has 2 aromatic heterocycles. The van der Waals surface area contributed by atoms with Crippen molar-refractivity contribution < 1.29 is 18.5 Å². The molecule has 1 aromatic carbocycles. The summed E-state index contributed by atoms with van der Waals surface area (Å²) < 4.78 is 18.8. The molecule has 0 saturated carbocycles. The van der Waals surface area contributed by atoms with Crippen molar-refractivity contribution in [2.45, 2.75) is 20.3 Å². The normalized spacial score (nSPS) is 11.1. The fourth-order valence-electron chi connectivity index (χ4n) is 2.67. The van der Waals surface area contributed by atoms with Gasteiger partial charge in [0.2, 0.25) is 5.78 Å². The van der Waals surface area contributed by atoms with Crippen LogP contribution in [0.25, 0.3) is 22.2 Å². The summed E-state index contributed by atoms with van der Waals surface area (Å²) in [5.41, 5.74) is 2.13. The van der Waals surface area contributed by atoms with E-state index in [0.29, 0.717) is 40.0 Å². The lowest BCUT2D eigenvalue weighted by atomic mass is 10.00. The van der Waals surface area contributed by atoms with Gasteiger partial charge in [0.1, 0.15) is 11.6 Å². The number of rotatable bonds is 4. The Morgan fingerprint density at radius 3 is 2.78 bits per heavy atom. The molecule has 0 bridgehead atoms. The summed E-state index contributed by atoms with van der Waals surface area (Å²) in [6, 6.07) is 3.95. The molecule has 1 N–H and O–H groups in total. The van der Waals surface area contributed by atoms with Crippen LogP contribution in [0, 0.1) is 12.7 Å².